The second kappa shape index (κ2) is 5.83. The average molecular weight is 290 g/mol. The number of hydrogen-bond acceptors (Lipinski definition) is 4. The lowest BCUT2D eigenvalue weighted by atomic mass is 10.1. The molecule has 6 heteroatoms. The molecular weight excluding hydrogens is 276 g/mol. The third-order valence-corrected chi connectivity index (χ3v) is 3.89. The lowest BCUT2D eigenvalue weighted by Gasteiger charge is -2.16. The van der Waals surface area contributed by atoms with Gasteiger partial charge in [-0.2, -0.15) is 0 Å². The van der Waals surface area contributed by atoms with Gasteiger partial charge in [0.15, 0.2) is 0 Å². The molecule has 1 aromatic carbocycles. The fourth-order valence-corrected chi connectivity index (χ4v) is 2.58. The van der Waals surface area contributed by atoms with Gasteiger partial charge < -0.3 is 4.90 Å². The summed E-state index contributed by atoms with van der Waals surface area (Å²) in [5.74, 6) is -0.205. The molecule has 104 valence electrons. The maximum atomic E-state index is 12.2. The van der Waals surface area contributed by atoms with Gasteiger partial charge in [0.2, 0.25) is 0 Å². The van der Waals surface area contributed by atoms with Crippen LogP contribution in [0, 0.1) is 17.0 Å². The molecule has 0 atom stereocenters. The summed E-state index contributed by atoms with van der Waals surface area (Å²) in [4.78, 5) is 24.2. The predicted molar refractivity (Wildman–Crippen MR) is 77.9 cm³/mol. The van der Waals surface area contributed by atoms with Crippen molar-refractivity contribution in [3.63, 3.8) is 0 Å². The van der Waals surface area contributed by atoms with Gasteiger partial charge in [-0.25, -0.2) is 0 Å². The normalized spacial score (nSPS) is 10.3. The van der Waals surface area contributed by atoms with Crippen LogP contribution in [0.1, 0.15) is 20.8 Å². The first-order valence-electron chi connectivity index (χ1n) is 6.02. The van der Waals surface area contributed by atoms with E-state index in [4.69, 9.17) is 0 Å². The minimum atomic E-state index is -0.485. The van der Waals surface area contributed by atoms with E-state index in [0.717, 1.165) is 22.5 Å². The standard InChI is InChI=1S/C14H14N2O3S/c1-10-3-5-11(6-4-10)9-15(2)14(17)12-7-8-13(20-12)16(18)19/h3-8H,9H2,1-2H3. The molecule has 5 nitrogen and oxygen atoms in total. The van der Waals surface area contributed by atoms with Gasteiger partial charge in [0.1, 0.15) is 0 Å². The Kier molecular flexibility index (Phi) is 4.14. The topological polar surface area (TPSA) is 63.5 Å². The van der Waals surface area contributed by atoms with Crippen LogP contribution in [0.2, 0.25) is 0 Å². The van der Waals surface area contributed by atoms with Gasteiger partial charge in [-0.3, -0.25) is 14.9 Å². The molecule has 0 saturated carbocycles. The van der Waals surface area contributed by atoms with E-state index in [9.17, 15) is 14.9 Å². The Labute approximate surface area is 120 Å². The summed E-state index contributed by atoms with van der Waals surface area (Å²) >= 11 is 0.900. The molecule has 1 heterocycles. The predicted octanol–water partition coefficient (Wildman–Crippen LogP) is 3.24. The highest BCUT2D eigenvalue weighted by molar-refractivity contribution is 7.17. The fraction of sp³-hybridized carbons (Fsp3) is 0.214. The lowest BCUT2D eigenvalue weighted by molar-refractivity contribution is -0.380. The maximum Gasteiger partial charge on any atom is 0.324 e. The number of hydrogen-bond donors (Lipinski definition) is 0. The van der Waals surface area contributed by atoms with Crippen LogP contribution >= 0.6 is 11.3 Å². The first-order chi connectivity index (χ1) is 9.47. The van der Waals surface area contributed by atoms with Crippen molar-refractivity contribution in [1.29, 1.82) is 0 Å². The van der Waals surface area contributed by atoms with Crippen molar-refractivity contribution in [2.45, 2.75) is 13.5 Å². The van der Waals surface area contributed by atoms with Crippen molar-refractivity contribution in [3.8, 4) is 0 Å². The Morgan fingerprint density at radius 3 is 2.45 bits per heavy atom. The van der Waals surface area contributed by atoms with Crippen LogP contribution in [0.25, 0.3) is 0 Å². The van der Waals surface area contributed by atoms with Crippen LogP contribution in [-0.4, -0.2) is 22.8 Å². The van der Waals surface area contributed by atoms with Crippen LogP contribution in [0.3, 0.4) is 0 Å². The number of carbonyl (C=O) groups is 1. The fourth-order valence-electron chi connectivity index (χ4n) is 1.77. The summed E-state index contributed by atoms with van der Waals surface area (Å²) < 4.78 is 0. The molecule has 1 aromatic heterocycles. The Hall–Kier alpha value is -2.21. The van der Waals surface area contributed by atoms with Crippen molar-refractivity contribution in [3.05, 3.63) is 62.5 Å². The minimum absolute atomic E-state index is 0.0166. The summed E-state index contributed by atoms with van der Waals surface area (Å²) in [5.41, 5.74) is 2.19. The molecule has 20 heavy (non-hydrogen) atoms. The number of amides is 1. The number of carbonyl (C=O) groups excluding carboxylic acids is 1. The van der Waals surface area contributed by atoms with E-state index in [2.05, 4.69) is 0 Å². The molecule has 0 fully saturated rings. The highest BCUT2D eigenvalue weighted by Gasteiger charge is 2.18. The van der Waals surface area contributed by atoms with Crippen LogP contribution in [0.15, 0.2) is 36.4 Å². The first-order valence-corrected chi connectivity index (χ1v) is 6.84. The van der Waals surface area contributed by atoms with Gasteiger partial charge in [-0.15, -0.1) is 0 Å². The molecule has 0 aliphatic heterocycles. The molecule has 2 aromatic rings. The number of aryl methyl sites for hydroxylation is 1. The molecule has 0 aliphatic rings. The number of rotatable bonds is 4. The SMILES string of the molecule is Cc1ccc(CN(C)C(=O)c2ccc([N+](=O)[O-])s2)cc1. The van der Waals surface area contributed by atoms with Crippen molar-refractivity contribution in [2.75, 3.05) is 7.05 Å². The number of thiophene rings is 1. The van der Waals surface area contributed by atoms with Crippen LogP contribution < -0.4 is 0 Å². The Bertz CT molecular complexity index is 634. The quantitative estimate of drug-likeness (QED) is 0.641. The van der Waals surface area contributed by atoms with E-state index in [1.54, 1.807) is 11.9 Å². The third kappa shape index (κ3) is 3.21. The van der Waals surface area contributed by atoms with Gasteiger partial charge in [0.25, 0.3) is 5.91 Å². The molecule has 0 radical (unpaired) electrons. The van der Waals surface area contributed by atoms with E-state index in [-0.39, 0.29) is 10.9 Å². The highest BCUT2D eigenvalue weighted by atomic mass is 32.1. The molecule has 0 bridgehead atoms. The van der Waals surface area contributed by atoms with E-state index >= 15 is 0 Å². The van der Waals surface area contributed by atoms with Crippen molar-refractivity contribution in [1.82, 2.24) is 4.90 Å². The zero-order valence-electron chi connectivity index (χ0n) is 11.2. The molecular formula is C14H14N2O3S. The minimum Gasteiger partial charge on any atom is -0.337 e. The Morgan fingerprint density at radius 1 is 1.25 bits per heavy atom. The average Bonchev–Trinajstić information content (AvgIpc) is 2.90. The van der Waals surface area contributed by atoms with Gasteiger partial charge in [0.05, 0.1) is 9.80 Å². The van der Waals surface area contributed by atoms with E-state index in [1.807, 2.05) is 31.2 Å². The van der Waals surface area contributed by atoms with E-state index in [0.29, 0.717) is 11.4 Å². The summed E-state index contributed by atoms with van der Waals surface area (Å²) in [6.45, 7) is 2.48. The number of benzene rings is 1. The largest absolute Gasteiger partial charge is 0.337 e. The molecule has 0 unspecified atom stereocenters. The Morgan fingerprint density at radius 2 is 1.90 bits per heavy atom. The third-order valence-electron chi connectivity index (χ3n) is 2.87. The molecule has 0 aliphatic carbocycles. The summed E-state index contributed by atoms with van der Waals surface area (Å²) in [7, 11) is 1.69. The second-order valence-electron chi connectivity index (χ2n) is 4.54. The maximum absolute atomic E-state index is 12.2. The molecule has 0 saturated heterocycles. The van der Waals surface area contributed by atoms with Crippen LogP contribution in [0.4, 0.5) is 5.00 Å². The van der Waals surface area contributed by atoms with Crippen molar-refractivity contribution in [2.24, 2.45) is 0 Å². The molecule has 1 amide bonds. The van der Waals surface area contributed by atoms with Gasteiger partial charge in [-0.1, -0.05) is 41.2 Å². The zero-order chi connectivity index (χ0) is 14.7. The van der Waals surface area contributed by atoms with E-state index < -0.39 is 4.92 Å². The lowest BCUT2D eigenvalue weighted by Crippen LogP contribution is -2.25. The molecule has 0 N–H and O–H groups in total. The summed E-state index contributed by atoms with van der Waals surface area (Å²) in [6.07, 6.45) is 0. The summed E-state index contributed by atoms with van der Waals surface area (Å²) in [5, 5.41) is 10.6. The molecule has 0 spiro atoms. The zero-order valence-corrected chi connectivity index (χ0v) is 12.0. The highest BCUT2D eigenvalue weighted by Crippen LogP contribution is 2.25. The van der Waals surface area contributed by atoms with Crippen molar-refractivity contribution >= 4 is 22.2 Å². The summed E-state index contributed by atoms with van der Waals surface area (Å²) in [6, 6.07) is 10.8. The van der Waals surface area contributed by atoms with E-state index in [1.165, 1.54) is 12.1 Å². The van der Waals surface area contributed by atoms with Gasteiger partial charge >= 0.3 is 5.00 Å². The Balaban J connectivity index is 2.07. The first kappa shape index (κ1) is 14.2. The smallest absolute Gasteiger partial charge is 0.324 e. The van der Waals surface area contributed by atoms with Crippen molar-refractivity contribution < 1.29 is 9.72 Å². The number of nitro groups is 1. The van der Waals surface area contributed by atoms with Crippen LogP contribution in [-0.2, 0) is 6.54 Å². The number of nitrogens with zero attached hydrogens (tertiary/aromatic N) is 2. The van der Waals surface area contributed by atoms with Gasteiger partial charge in [0, 0.05) is 19.7 Å². The molecule has 2 rings (SSSR count). The second-order valence-corrected chi connectivity index (χ2v) is 5.60. The van der Waals surface area contributed by atoms with Crippen LogP contribution in [0.5, 0.6) is 0 Å². The monoisotopic (exact) mass is 290 g/mol. The van der Waals surface area contributed by atoms with Gasteiger partial charge in [-0.05, 0) is 18.6 Å².